The van der Waals surface area contributed by atoms with Gasteiger partial charge in [0.25, 0.3) is 0 Å². The SMILES string of the molecule is C=C(COC(C)C)N(C)C. The van der Waals surface area contributed by atoms with Crippen molar-refractivity contribution < 1.29 is 4.74 Å². The van der Waals surface area contributed by atoms with Crippen molar-refractivity contribution in [2.24, 2.45) is 0 Å². The molecule has 2 heteroatoms. The van der Waals surface area contributed by atoms with Crippen LogP contribution in [0.4, 0.5) is 0 Å². The maximum atomic E-state index is 5.32. The summed E-state index contributed by atoms with van der Waals surface area (Å²) in [6.45, 7) is 8.49. The lowest BCUT2D eigenvalue weighted by Crippen LogP contribution is -2.16. The van der Waals surface area contributed by atoms with Crippen LogP contribution >= 0.6 is 0 Å². The zero-order chi connectivity index (χ0) is 8.15. The summed E-state index contributed by atoms with van der Waals surface area (Å²) >= 11 is 0. The van der Waals surface area contributed by atoms with Crippen molar-refractivity contribution in [2.75, 3.05) is 20.7 Å². The monoisotopic (exact) mass is 143 g/mol. The highest BCUT2D eigenvalue weighted by molar-refractivity contribution is 4.90. The molecule has 0 radical (unpaired) electrons. The topological polar surface area (TPSA) is 12.5 Å². The van der Waals surface area contributed by atoms with Crippen LogP contribution in [0.3, 0.4) is 0 Å². The summed E-state index contributed by atoms with van der Waals surface area (Å²) in [5, 5.41) is 0. The fourth-order valence-electron chi connectivity index (χ4n) is 0.392. The number of ether oxygens (including phenoxy) is 1. The van der Waals surface area contributed by atoms with Crippen LogP contribution in [-0.4, -0.2) is 31.7 Å². The normalized spacial score (nSPS) is 10.1. The van der Waals surface area contributed by atoms with Crippen LogP contribution < -0.4 is 0 Å². The molecule has 0 saturated heterocycles. The first-order valence-electron chi connectivity index (χ1n) is 3.50. The first kappa shape index (κ1) is 9.50. The van der Waals surface area contributed by atoms with Crippen LogP contribution in [0.2, 0.25) is 0 Å². The van der Waals surface area contributed by atoms with E-state index in [-0.39, 0.29) is 6.10 Å². The van der Waals surface area contributed by atoms with E-state index >= 15 is 0 Å². The first-order valence-corrected chi connectivity index (χ1v) is 3.50. The lowest BCUT2D eigenvalue weighted by Gasteiger charge is -2.16. The number of hydrogen-bond acceptors (Lipinski definition) is 2. The van der Waals surface area contributed by atoms with E-state index in [1.165, 1.54) is 0 Å². The van der Waals surface area contributed by atoms with Crippen molar-refractivity contribution >= 4 is 0 Å². The Morgan fingerprint density at radius 2 is 2.00 bits per heavy atom. The minimum Gasteiger partial charge on any atom is -0.380 e. The fourth-order valence-corrected chi connectivity index (χ4v) is 0.392. The molecule has 0 aliphatic carbocycles. The molecule has 0 heterocycles. The summed E-state index contributed by atoms with van der Waals surface area (Å²) in [5.41, 5.74) is 1.01. The van der Waals surface area contributed by atoms with Gasteiger partial charge in [0.05, 0.1) is 12.7 Å². The van der Waals surface area contributed by atoms with Crippen LogP contribution in [0, 0.1) is 0 Å². The smallest absolute Gasteiger partial charge is 0.0861 e. The Kier molecular flexibility index (Phi) is 4.12. The third kappa shape index (κ3) is 4.39. The molecule has 0 saturated carbocycles. The van der Waals surface area contributed by atoms with E-state index in [0.29, 0.717) is 6.61 Å². The average Bonchev–Trinajstić information content (AvgIpc) is 1.82. The summed E-state index contributed by atoms with van der Waals surface area (Å²) in [5.74, 6) is 0. The number of nitrogens with zero attached hydrogens (tertiary/aromatic N) is 1. The summed E-state index contributed by atoms with van der Waals surface area (Å²) in [6.07, 6.45) is 0.289. The molecule has 0 aliphatic heterocycles. The highest BCUT2D eigenvalue weighted by Gasteiger charge is 1.97. The van der Waals surface area contributed by atoms with Gasteiger partial charge in [-0.15, -0.1) is 0 Å². The highest BCUT2D eigenvalue weighted by atomic mass is 16.5. The number of rotatable bonds is 4. The van der Waals surface area contributed by atoms with Crippen molar-refractivity contribution in [3.05, 3.63) is 12.3 Å². The van der Waals surface area contributed by atoms with Gasteiger partial charge in [0, 0.05) is 19.8 Å². The summed E-state index contributed by atoms with van der Waals surface area (Å²) in [7, 11) is 3.93. The maximum Gasteiger partial charge on any atom is 0.0861 e. The van der Waals surface area contributed by atoms with Gasteiger partial charge in [0.1, 0.15) is 0 Å². The predicted molar refractivity (Wildman–Crippen MR) is 43.9 cm³/mol. The second-order valence-electron chi connectivity index (χ2n) is 2.82. The van der Waals surface area contributed by atoms with Crippen LogP contribution in [0.15, 0.2) is 12.3 Å². The van der Waals surface area contributed by atoms with E-state index in [2.05, 4.69) is 6.58 Å². The molecule has 10 heavy (non-hydrogen) atoms. The van der Waals surface area contributed by atoms with Crippen molar-refractivity contribution in [3.8, 4) is 0 Å². The molecule has 0 bridgehead atoms. The molecule has 0 amide bonds. The highest BCUT2D eigenvalue weighted by Crippen LogP contribution is 1.97. The predicted octanol–water partition coefficient (Wildman–Crippen LogP) is 1.49. The zero-order valence-corrected chi connectivity index (χ0v) is 7.35. The molecule has 0 aromatic rings. The largest absolute Gasteiger partial charge is 0.380 e. The van der Waals surface area contributed by atoms with Gasteiger partial charge in [-0.2, -0.15) is 0 Å². The quantitative estimate of drug-likeness (QED) is 0.591. The van der Waals surface area contributed by atoms with Crippen molar-refractivity contribution in [1.29, 1.82) is 0 Å². The van der Waals surface area contributed by atoms with Gasteiger partial charge in [-0.25, -0.2) is 0 Å². The van der Waals surface area contributed by atoms with Crippen LogP contribution in [-0.2, 0) is 4.74 Å². The van der Waals surface area contributed by atoms with E-state index in [1.54, 1.807) is 0 Å². The molecule has 0 aromatic carbocycles. The molecule has 60 valence electrons. The van der Waals surface area contributed by atoms with Gasteiger partial charge in [-0.1, -0.05) is 6.58 Å². The van der Waals surface area contributed by atoms with Gasteiger partial charge >= 0.3 is 0 Å². The van der Waals surface area contributed by atoms with E-state index < -0.39 is 0 Å². The molecule has 0 fully saturated rings. The minimum atomic E-state index is 0.289. The van der Waals surface area contributed by atoms with Crippen molar-refractivity contribution in [3.63, 3.8) is 0 Å². The lowest BCUT2D eigenvalue weighted by atomic mass is 10.4. The van der Waals surface area contributed by atoms with Crippen LogP contribution in [0.25, 0.3) is 0 Å². The Morgan fingerprint density at radius 3 is 2.30 bits per heavy atom. The molecule has 0 unspecified atom stereocenters. The molecule has 0 aliphatic rings. The van der Waals surface area contributed by atoms with Crippen LogP contribution in [0.5, 0.6) is 0 Å². The fraction of sp³-hybridized carbons (Fsp3) is 0.750. The van der Waals surface area contributed by atoms with Gasteiger partial charge in [-0.3, -0.25) is 0 Å². The molecule has 0 aromatic heterocycles. The minimum absolute atomic E-state index is 0.289. The molecular formula is C8H17NO. The van der Waals surface area contributed by atoms with Gasteiger partial charge in [0.15, 0.2) is 0 Å². The van der Waals surface area contributed by atoms with Crippen LogP contribution in [0.1, 0.15) is 13.8 Å². The zero-order valence-electron chi connectivity index (χ0n) is 7.35. The molecule has 0 rings (SSSR count). The first-order chi connectivity index (χ1) is 4.54. The summed E-state index contributed by atoms with van der Waals surface area (Å²) in [4.78, 5) is 1.96. The second-order valence-corrected chi connectivity index (χ2v) is 2.82. The van der Waals surface area contributed by atoms with E-state index in [4.69, 9.17) is 4.74 Å². The molecule has 0 atom stereocenters. The van der Waals surface area contributed by atoms with E-state index in [9.17, 15) is 0 Å². The number of hydrogen-bond donors (Lipinski definition) is 0. The Bertz CT molecular complexity index is 108. The molecular weight excluding hydrogens is 126 g/mol. The van der Waals surface area contributed by atoms with Gasteiger partial charge in [0.2, 0.25) is 0 Å². The van der Waals surface area contributed by atoms with Gasteiger partial charge < -0.3 is 9.64 Å². The third-order valence-electron chi connectivity index (χ3n) is 1.22. The standard InChI is InChI=1S/C8H17NO/c1-7(2)10-6-8(3)9(4)5/h7H,3,6H2,1-2,4-5H3. The van der Waals surface area contributed by atoms with Crippen molar-refractivity contribution in [2.45, 2.75) is 20.0 Å². The maximum absolute atomic E-state index is 5.32. The second kappa shape index (κ2) is 4.34. The number of likely N-dealkylation sites (N-methyl/N-ethyl adjacent to an activating group) is 1. The molecule has 0 N–H and O–H groups in total. The Labute approximate surface area is 63.5 Å². The molecule has 0 spiro atoms. The molecule has 2 nitrogen and oxygen atoms in total. The Balaban J connectivity index is 3.40. The summed E-state index contributed by atoms with van der Waals surface area (Å²) < 4.78 is 5.32. The lowest BCUT2D eigenvalue weighted by molar-refractivity contribution is 0.0870. The Morgan fingerprint density at radius 1 is 1.50 bits per heavy atom. The summed E-state index contributed by atoms with van der Waals surface area (Å²) in [6, 6.07) is 0. The van der Waals surface area contributed by atoms with E-state index in [0.717, 1.165) is 5.70 Å². The van der Waals surface area contributed by atoms with E-state index in [1.807, 2.05) is 32.8 Å². The van der Waals surface area contributed by atoms with Gasteiger partial charge in [-0.05, 0) is 13.8 Å². The average molecular weight is 143 g/mol. The Hall–Kier alpha value is -0.500. The van der Waals surface area contributed by atoms with Crippen molar-refractivity contribution in [1.82, 2.24) is 4.90 Å². The third-order valence-corrected chi connectivity index (χ3v) is 1.22.